The Morgan fingerprint density at radius 1 is 1.04 bits per heavy atom. The van der Waals surface area contributed by atoms with Gasteiger partial charge < -0.3 is 15.5 Å². The number of amides is 1. The molecular weight excluding hydrogens is 312 g/mol. The lowest BCUT2D eigenvalue weighted by Gasteiger charge is -2.21. The first-order chi connectivity index (χ1) is 11.8. The van der Waals surface area contributed by atoms with E-state index >= 15 is 0 Å². The van der Waals surface area contributed by atoms with Crippen LogP contribution in [0.5, 0.6) is 0 Å². The highest BCUT2D eigenvalue weighted by atomic mass is 16.1. The molecule has 0 atom stereocenters. The summed E-state index contributed by atoms with van der Waals surface area (Å²) in [5, 5.41) is 6.19. The fourth-order valence-electron chi connectivity index (χ4n) is 2.53. The van der Waals surface area contributed by atoms with E-state index in [0.29, 0.717) is 5.56 Å². The van der Waals surface area contributed by atoms with Crippen LogP contribution in [0, 0.1) is 0 Å². The van der Waals surface area contributed by atoms with Crippen molar-refractivity contribution in [2.45, 2.75) is 40.2 Å². The summed E-state index contributed by atoms with van der Waals surface area (Å²) in [6.07, 6.45) is 1.59. The molecule has 134 valence electrons. The summed E-state index contributed by atoms with van der Waals surface area (Å²) in [5.74, 6) is 0.595. The molecule has 0 radical (unpaired) electrons. The van der Waals surface area contributed by atoms with Crippen molar-refractivity contribution in [3.8, 4) is 0 Å². The molecule has 0 spiro atoms. The lowest BCUT2D eigenvalue weighted by atomic mass is 10.1. The molecule has 1 heterocycles. The molecule has 0 fully saturated rings. The van der Waals surface area contributed by atoms with E-state index in [2.05, 4.69) is 55.1 Å². The molecule has 1 aromatic heterocycles. The Morgan fingerprint density at radius 3 is 2.16 bits per heavy atom. The van der Waals surface area contributed by atoms with Gasteiger partial charge in [0, 0.05) is 36.2 Å². The fraction of sp³-hybridized carbons (Fsp3) is 0.400. The van der Waals surface area contributed by atoms with Crippen molar-refractivity contribution in [3.63, 3.8) is 0 Å². The number of nitrogens with zero attached hydrogens (tertiary/aromatic N) is 2. The highest BCUT2D eigenvalue weighted by Crippen LogP contribution is 2.18. The second-order valence-electron chi connectivity index (χ2n) is 6.98. The standard InChI is InChI=1S/C20H28N4O/c1-6-24(7-2)17-11-9-16(10-12-17)22-19(25)15-8-13-18(21-14-15)23-20(3,4)5/h8-14H,6-7H2,1-5H3,(H,21,23)(H,22,25). The molecule has 0 aliphatic rings. The molecule has 1 amide bonds. The summed E-state index contributed by atoms with van der Waals surface area (Å²) < 4.78 is 0. The molecule has 0 aliphatic heterocycles. The molecule has 5 nitrogen and oxygen atoms in total. The van der Waals surface area contributed by atoms with E-state index in [1.165, 1.54) is 0 Å². The van der Waals surface area contributed by atoms with Crippen LogP contribution in [-0.4, -0.2) is 29.5 Å². The highest BCUT2D eigenvalue weighted by Gasteiger charge is 2.11. The van der Waals surface area contributed by atoms with Crippen LogP contribution < -0.4 is 15.5 Å². The van der Waals surface area contributed by atoms with Gasteiger partial charge in [-0.3, -0.25) is 4.79 Å². The van der Waals surface area contributed by atoms with E-state index in [9.17, 15) is 4.79 Å². The number of anilines is 3. The second-order valence-corrected chi connectivity index (χ2v) is 6.98. The average molecular weight is 340 g/mol. The summed E-state index contributed by atoms with van der Waals surface area (Å²) in [6, 6.07) is 11.5. The monoisotopic (exact) mass is 340 g/mol. The first kappa shape index (κ1) is 18.8. The molecular formula is C20H28N4O. The molecule has 2 rings (SSSR count). The van der Waals surface area contributed by atoms with Gasteiger partial charge in [0.25, 0.3) is 5.91 Å². The van der Waals surface area contributed by atoms with Gasteiger partial charge in [-0.1, -0.05) is 0 Å². The van der Waals surface area contributed by atoms with Crippen molar-refractivity contribution in [1.29, 1.82) is 0 Å². The van der Waals surface area contributed by atoms with E-state index in [0.717, 1.165) is 30.3 Å². The third-order valence-electron chi connectivity index (χ3n) is 3.78. The summed E-state index contributed by atoms with van der Waals surface area (Å²) in [7, 11) is 0. The molecule has 0 unspecified atom stereocenters. The number of hydrogen-bond acceptors (Lipinski definition) is 4. The Labute approximate surface area is 150 Å². The van der Waals surface area contributed by atoms with Crippen LogP contribution in [-0.2, 0) is 0 Å². The van der Waals surface area contributed by atoms with Gasteiger partial charge in [-0.25, -0.2) is 4.98 Å². The van der Waals surface area contributed by atoms with Crippen molar-refractivity contribution in [3.05, 3.63) is 48.2 Å². The quantitative estimate of drug-likeness (QED) is 0.819. The van der Waals surface area contributed by atoms with Crippen molar-refractivity contribution in [2.24, 2.45) is 0 Å². The van der Waals surface area contributed by atoms with Crippen LogP contribution in [0.4, 0.5) is 17.2 Å². The second kappa shape index (κ2) is 8.01. The first-order valence-corrected chi connectivity index (χ1v) is 8.73. The summed E-state index contributed by atoms with van der Waals surface area (Å²) in [6.45, 7) is 12.4. The zero-order chi connectivity index (χ0) is 18.4. The maximum Gasteiger partial charge on any atom is 0.257 e. The third kappa shape index (κ3) is 5.48. The summed E-state index contributed by atoms with van der Waals surface area (Å²) in [5.41, 5.74) is 2.40. The normalized spacial score (nSPS) is 11.1. The topological polar surface area (TPSA) is 57.3 Å². The SMILES string of the molecule is CCN(CC)c1ccc(NC(=O)c2ccc(NC(C)(C)C)nc2)cc1. The molecule has 25 heavy (non-hydrogen) atoms. The van der Waals surface area contributed by atoms with Gasteiger partial charge in [-0.2, -0.15) is 0 Å². The number of pyridine rings is 1. The molecule has 1 aromatic carbocycles. The van der Waals surface area contributed by atoms with Gasteiger partial charge in [-0.15, -0.1) is 0 Å². The van der Waals surface area contributed by atoms with E-state index in [-0.39, 0.29) is 11.4 Å². The summed E-state index contributed by atoms with van der Waals surface area (Å²) in [4.78, 5) is 18.9. The highest BCUT2D eigenvalue weighted by molar-refractivity contribution is 6.04. The largest absolute Gasteiger partial charge is 0.372 e. The Morgan fingerprint density at radius 2 is 1.68 bits per heavy atom. The van der Waals surface area contributed by atoms with Crippen molar-refractivity contribution in [2.75, 3.05) is 28.6 Å². The predicted octanol–water partition coefficient (Wildman–Crippen LogP) is 4.39. The molecule has 0 saturated carbocycles. The lowest BCUT2D eigenvalue weighted by Crippen LogP contribution is -2.26. The van der Waals surface area contributed by atoms with Crippen molar-refractivity contribution < 1.29 is 4.79 Å². The Bertz CT molecular complexity index is 683. The number of hydrogen-bond donors (Lipinski definition) is 2. The number of carbonyl (C=O) groups is 1. The van der Waals surface area contributed by atoms with Gasteiger partial charge in [0.1, 0.15) is 5.82 Å². The molecule has 2 aromatic rings. The minimum absolute atomic E-state index is 0.0661. The minimum Gasteiger partial charge on any atom is -0.372 e. The average Bonchev–Trinajstić information content (AvgIpc) is 2.56. The Balaban J connectivity index is 2.02. The predicted molar refractivity (Wildman–Crippen MR) is 106 cm³/mol. The van der Waals surface area contributed by atoms with Crippen LogP contribution >= 0.6 is 0 Å². The minimum atomic E-state index is -0.162. The smallest absolute Gasteiger partial charge is 0.257 e. The van der Waals surface area contributed by atoms with E-state index < -0.39 is 0 Å². The number of rotatable bonds is 6. The van der Waals surface area contributed by atoms with E-state index in [4.69, 9.17) is 0 Å². The van der Waals surface area contributed by atoms with Gasteiger partial charge in [-0.05, 0) is 71.0 Å². The zero-order valence-corrected chi connectivity index (χ0v) is 15.8. The van der Waals surface area contributed by atoms with Crippen LogP contribution in [0.3, 0.4) is 0 Å². The van der Waals surface area contributed by atoms with Gasteiger partial charge >= 0.3 is 0 Å². The molecule has 5 heteroatoms. The number of benzene rings is 1. The maximum atomic E-state index is 12.4. The van der Waals surface area contributed by atoms with E-state index in [1.54, 1.807) is 12.3 Å². The molecule has 0 bridgehead atoms. The Kier molecular flexibility index (Phi) is 6.02. The number of carbonyl (C=O) groups excluding carboxylic acids is 1. The van der Waals surface area contributed by atoms with Crippen molar-refractivity contribution in [1.82, 2.24) is 4.98 Å². The molecule has 0 aliphatic carbocycles. The zero-order valence-electron chi connectivity index (χ0n) is 15.8. The van der Waals surface area contributed by atoms with Crippen LogP contribution in [0.2, 0.25) is 0 Å². The first-order valence-electron chi connectivity index (χ1n) is 8.73. The van der Waals surface area contributed by atoms with Crippen LogP contribution in [0.25, 0.3) is 0 Å². The Hall–Kier alpha value is -2.56. The van der Waals surface area contributed by atoms with Gasteiger partial charge in [0.15, 0.2) is 0 Å². The molecule has 2 N–H and O–H groups in total. The number of aromatic nitrogens is 1. The molecule has 0 saturated heterocycles. The van der Waals surface area contributed by atoms with Gasteiger partial charge in [0.05, 0.1) is 5.56 Å². The summed E-state index contributed by atoms with van der Waals surface area (Å²) >= 11 is 0. The fourth-order valence-corrected chi connectivity index (χ4v) is 2.53. The van der Waals surface area contributed by atoms with E-state index in [1.807, 2.05) is 30.3 Å². The van der Waals surface area contributed by atoms with Crippen LogP contribution in [0.1, 0.15) is 45.0 Å². The number of nitrogens with one attached hydrogen (secondary N) is 2. The van der Waals surface area contributed by atoms with Gasteiger partial charge in [0.2, 0.25) is 0 Å². The lowest BCUT2D eigenvalue weighted by molar-refractivity contribution is 0.102. The maximum absolute atomic E-state index is 12.4. The van der Waals surface area contributed by atoms with Crippen LogP contribution in [0.15, 0.2) is 42.6 Å². The van der Waals surface area contributed by atoms with Crippen molar-refractivity contribution >= 4 is 23.1 Å². The third-order valence-corrected chi connectivity index (χ3v) is 3.78.